The molecule has 2 aliphatic rings. The van der Waals surface area contributed by atoms with Crippen LogP contribution in [0.5, 0.6) is 0 Å². The number of fused-ring (bicyclic) bond motifs is 1. The summed E-state index contributed by atoms with van der Waals surface area (Å²) in [5.74, 6) is 0.194. The van der Waals surface area contributed by atoms with Crippen LogP contribution in [0.1, 0.15) is 39.1 Å². The Bertz CT molecular complexity index is 832. The summed E-state index contributed by atoms with van der Waals surface area (Å²) in [6, 6.07) is -1.93. The van der Waals surface area contributed by atoms with Crippen LogP contribution in [-0.4, -0.2) is 45.1 Å². The molecule has 9 heteroatoms. The van der Waals surface area contributed by atoms with Gasteiger partial charge in [0.15, 0.2) is 0 Å². The molecule has 1 unspecified atom stereocenters. The van der Waals surface area contributed by atoms with Gasteiger partial charge < -0.3 is 20.4 Å². The van der Waals surface area contributed by atoms with Crippen LogP contribution in [0, 0.1) is 5.41 Å². The number of likely N-dealkylation sites (N-methyl/N-ethyl adjacent to an activating group) is 1. The molecular formula is C18H24N6O3. The van der Waals surface area contributed by atoms with Gasteiger partial charge in [-0.15, -0.1) is 5.10 Å². The van der Waals surface area contributed by atoms with Gasteiger partial charge in [-0.2, -0.15) is 0 Å². The quantitative estimate of drug-likeness (QED) is 0.824. The van der Waals surface area contributed by atoms with E-state index in [1.54, 1.807) is 7.05 Å². The first-order valence-corrected chi connectivity index (χ1v) is 8.70. The zero-order valence-electron chi connectivity index (χ0n) is 15.8. The van der Waals surface area contributed by atoms with Crippen molar-refractivity contribution in [3.05, 3.63) is 42.0 Å². The molecule has 1 saturated heterocycles. The van der Waals surface area contributed by atoms with Gasteiger partial charge in [-0.3, -0.25) is 0 Å². The molecule has 9 nitrogen and oxygen atoms in total. The van der Waals surface area contributed by atoms with E-state index in [-0.39, 0.29) is 17.9 Å². The zero-order chi connectivity index (χ0) is 19.8. The number of hydrogen-bond donors (Lipinski definition) is 2. The number of aromatic nitrogens is 2. The number of nitrogens with two attached hydrogens (primary N) is 1. The van der Waals surface area contributed by atoms with Crippen molar-refractivity contribution in [3.8, 4) is 0 Å². The number of imide groups is 1. The number of nitrogen functional groups attached to an aromatic ring is 1. The maximum atomic E-state index is 13.1. The smallest absolute Gasteiger partial charge is 0.333 e. The van der Waals surface area contributed by atoms with Crippen molar-refractivity contribution in [1.82, 2.24) is 25.3 Å². The summed E-state index contributed by atoms with van der Waals surface area (Å²) in [5.41, 5.74) is 5.70. The van der Waals surface area contributed by atoms with E-state index in [1.165, 1.54) is 4.90 Å². The van der Waals surface area contributed by atoms with Crippen LogP contribution in [-0.2, 0) is 0 Å². The maximum absolute atomic E-state index is 13.1. The second-order valence-corrected chi connectivity index (χ2v) is 7.58. The molecule has 0 radical (unpaired) electrons. The number of hydrogen-bond acceptors (Lipinski definition) is 6. The molecule has 1 aromatic heterocycles. The third-order valence-corrected chi connectivity index (χ3v) is 4.52. The highest BCUT2D eigenvalue weighted by atomic mass is 16.4. The first kappa shape index (κ1) is 18.7. The minimum absolute atomic E-state index is 0.0785. The van der Waals surface area contributed by atoms with Gasteiger partial charge in [-0.1, -0.05) is 56.2 Å². The van der Waals surface area contributed by atoms with Gasteiger partial charge in [-0.05, 0) is 11.8 Å². The number of anilines is 1. The molecule has 0 aromatic carbocycles. The Morgan fingerprint density at radius 2 is 2.11 bits per heavy atom. The second kappa shape index (κ2) is 6.90. The predicted molar refractivity (Wildman–Crippen MR) is 99.2 cm³/mol. The highest BCUT2D eigenvalue weighted by Gasteiger charge is 2.44. The first-order chi connectivity index (χ1) is 12.7. The number of nitrogens with one attached hydrogen (secondary N) is 1. The topological polar surface area (TPSA) is 118 Å². The van der Waals surface area contributed by atoms with Gasteiger partial charge in [0.2, 0.25) is 5.89 Å². The average Bonchev–Trinajstić information content (AvgIpc) is 3.07. The van der Waals surface area contributed by atoms with E-state index in [2.05, 4.69) is 15.5 Å². The van der Waals surface area contributed by atoms with Gasteiger partial charge >= 0.3 is 18.1 Å². The highest BCUT2D eigenvalue weighted by Crippen LogP contribution is 2.34. The van der Waals surface area contributed by atoms with Gasteiger partial charge in [-0.25, -0.2) is 14.5 Å². The molecule has 4 amide bonds. The van der Waals surface area contributed by atoms with E-state index in [4.69, 9.17) is 10.2 Å². The van der Waals surface area contributed by atoms with Crippen molar-refractivity contribution in [2.45, 2.75) is 39.3 Å². The lowest BCUT2D eigenvalue weighted by molar-refractivity contribution is 0.176. The fraction of sp³-hybridized carbons (Fsp3) is 0.444. The van der Waals surface area contributed by atoms with E-state index in [9.17, 15) is 9.59 Å². The Balaban J connectivity index is 1.90. The SMILES string of the molecule is CN1C(=O)N(C(=O)N[C@H](c2nnc(N)o2)C(C)(C)C)/C2=C/C/C=C\C=CC21. The van der Waals surface area contributed by atoms with Gasteiger partial charge in [0.05, 0.1) is 11.7 Å². The lowest BCUT2D eigenvalue weighted by atomic mass is 9.86. The standard InChI is InChI=1S/C18H24N6O3/c1-18(2,3)13(14-21-22-15(19)27-14)20-16(25)24-12-10-8-6-5-7-9-11(12)23(4)17(24)26/h5-7,9-11,13H,8H2,1-4H3,(H2,19,22)(H,20,25)/b6-5-,9-7?,12-10+/t11?,13-/m1/s1. The molecule has 0 saturated carbocycles. The molecule has 1 fully saturated rings. The van der Waals surface area contributed by atoms with E-state index >= 15 is 0 Å². The number of amides is 4. The predicted octanol–water partition coefficient (Wildman–Crippen LogP) is 2.58. The lowest BCUT2D eigenvalue weighted by Gasteiger charge is -2.30. The fourth-order valence-corrected chi connectivity index (χ4v) is 3.08. The minimum Gasteiger partial charge on any atom is -0.406 e. The average molecular weight is 372 g/mol. The molecule has 0 bridgehead atoms. The Labute approximate surface area is 157 Å². The molecule has 3 N–H and O–H groups in total. The molecule has 144 valence electrons. The van der Waals surface area contributed by atoms with E-state index in [0.29, 0.717) is 12.1 Å². The van der Waals surface area contributed by atoms with Crippen molar-refractivity contribution < 1.29 is 14.0 Å². The van der Waals surface area contributed by atoms with Crippen LogP contribution >= 0.6 is 0 Å². The number of nitrogens with zero attached hydrogens (tertiary/aromatic N) is 4. The van der Waals surface area contributed by atoms with Crippen molar-refractivity contribution in [1.29, 1.82) is 0 Å². The summed E-state index contributed by atoms with van der Waals surface area (Å²) >= 11 is 0. The Kier molecular flexibility index (Phi) is 4.77. The number of urea groups is 2. The molecular weight excluding hydrogens is 348 g/mol. The first-order valence-electron chi connectivity index (χ1n) is 8.70. The Hall–Kier alpha value is -3.10. The van der Waals surface area contributed by atoms with E-state index in [1.807, 2.05) is 51.2 Å². The summed E-state index contributed by atoms with van der Waals surface area (Å²) < 4.78 is 5.32. The van der Waals surface area contributed by atoms with Crippen LogP contribution in [0.15, 0.2) is 40.5 Å². The van der Waals surface area contributed by atoms with Crippen molar-refractivity contribution in [2.24, 2.45) is 5.41 Å². The molecule has 0 spiro atoms. The number of carbonyl (C=O) groups is 2. The molecule has 2 atom stereocenters. The molecule has 2 heterocycles. The normalized spacial score (nSPS) is 23.9. The van der Waals surface area contributed by atoms with E-state index in [0.717, 1.165) is 4.90 Å². The Morgan fingerprint density at radius 1 is 1.37 bits per heavy atom. The van der Waals surface area contributed by atoms with Crippen LogP contribution in [0.25, 0.3) is 0 Å². The van der Waals surface area contributed by atoms with Crippen molar-refractivity contribution >= 4 is 18.1 Å². The summed E-state index contributed by atoms with van der Waals surface area (Å²) in [7, 11) is 1.67. The molecule has 1 aliphatic carbocycles. The van der Waals surface area contributed by atoms with Crippen LogP contribution in [0.3, 0.4) is 0 Å². The van der Waals surface area contributed by atoms with Gasteiger partial charge in [0.1, 0.15) is 6.04 Å². The van der Waals surface area contributed by atoms with Crippen LogP contribution < -0.4 is 11.1 Å². The molecule has 3 rings (SSSR count). The largest absolute Gasteiger partial charge is 0.406 e. The van der Waals surface area contributed by atoms with Gasteiger partial charge in [0, 0.05) is 7.05 Å². The van der Waals surface area contributed by atoms with Crippen molar-refractivity contribution in [3.63, 3.8) is 0 Å². The summed E-state index contributed by atoms with van der Waals surface area (Å²) in [6.07, 6.45) is 10.1. The van der Waals surface area contributed by atoms with Crippen LogP contribution in [0.2, 0.25) is 0 Å². The molecule has 1 aliphatic heterocycles. The maximum Gasteiger partial charge on any atom is 0.333 e. The number of allylic oxidation sites excluding steroid dienone is 4. The highest BCUT2D eigenvalue weighted by molar-refractivity contribution is 5.98. The van der Waals surface area contributed by atoms with Gasteiger partial charge in [0.25, 0.3) is 0 Å². The summed E-state index contributed by atoms with van der Waals surface area (Å²) in [6.45, 7) is 5.76. The second-order valence-electron chi connectivity index (χ2n) is 7.58. The fourth-order valence-electron chi connectivity index (χ4n) is 3.08. The zero-order valence-corrected chi connectivity index (χ0v) is 15.8. The summed E-state index contributed by atoms with van der Waals surface area (Å²) in [5, 5.41) is 10.4. The van der Waals surface area contributed by atoms with E-state index < -0.39 is 23.5 Å². The molecule has 27 heavy (non-hydrogen) atoms. The monoisotopic (exact) mass is 372 g/mol. The van der Waals surface area contributed by atoms with Crippen LogP contribution in [0.4, 0.5) is 15.6 Å². The number of rotatable bonds is 2. The third kappa shape index (κ3) is 3.57. The third-order valence-electron chi connectivity index (χ3n) is 4.52. The lowest BCUT2D eigenvalue weighted by Crippen LogP contribution is -2.46. The molecule has 1 aromatic rings. The minimum atomic E-state index is -0.614. The summed E-state index contributed by atoms with van der Waals surface area (Å²) in [4.78, 5) is 28.5. The van der Waals surface area contributed by atoms with Crippen molar-refractivity contribution in [2.75, 3.05) is 12.8 Å². The Morgan fingerprint density at radius 3 is 2.74 bits per heavy atom. The number of carbonyl (C=O) groups excluding carboxylic acids is 2.